The van der Waals surface area contributed by atoms with Crippen LogP contribution in [-0.4, -0.2) is 204 Å². The normalized spacial score (nSPS) is 55.6. The van der Waals surface area contributed by atoms with E-state index in [2.05, 4.69) is 39.8 Å². The molecule has 3 saturated carbocycles. The fraction of sp³-hybridized carbons (Fsp3) is 0.917. The Bertz CT molecular complexity index is 1830. The molecule has 384 valence electrons. The maximum Gasteiger partial charge on any atom is 0.187 e. The summed E-state index contributed by atoms with van der Waals surface area (Å²) in [5, 5.41) is 140. The maximum absolute atomic E-state index is 12.3. The topological polar surface area (TPSA) is 318 Å². The first kappa shape index (κ1) is 52.1. The Morgan fingerprint density at radius 1 is 0.642 bits per heavy atom. The number of ether oxygens (including phenoxy) is 6. The van der Waals surface area contributed by atoms with Crippen molar-refractivity contribution in [2.24, 2.45) is 44.3 Å². The van der Waals surface area contributed by atoms with Gasteiger partial charge in [-0.1, -0.05) is 52.3 Å². The number of hydrogen-bond acceptors (Lipinski definition) is 19. The number of aliphatic hydroxyl groups excluding tert-OH is 13. The molecule has 0 radical (unpaired) electrons. The second-order valence-corrected chi connectivity index (χ2v) is 22.9. The predicted molar refractivity (Wildman–Crippen MR) is 233 cm³/mol. The van der Waals surface area contributed by atoms with Crippen LogP contribution in [0.3, 0.4) is 0 Å². The van der Waals surface area contributed by atoms with E-state index in [4.69, 9.17) is 28.4 Å². The molecule has 3 heterocycles. The smallest absolute Gasteiger partial charge is 0.187 e. The summed E-state index contributed by atoms with van der Waals surface area (Å²) in [6, 6.07) is 0. The molecule has 0 aromatic heterocycles. The minimum absolute atomic E-state index is 0.0127. The summed E-state index contributed by atoms with van der Waals surface area (Å²) < 4.78 is 35.9. The number of hydrogen-bond donors (Lipinski definition) is 13. The van der Waals surface area contributed by atoms with Gasteiger partial charge < -0.3 is 94.8 Å². The molecule has 3 saturated heterocycles. The molecule has 5 aliphatic carbocycles. The quantitative estimate of drug-likeness (QED) is 0.105. The van der Waals surface area contributed by atoms with Crippen molar-refractivity contribution in [1.82, 2.24) is 0 Å². The molecule has 0 aromatic carbocycles. The highest BCUT2D eigenvalue weighted by Crippen LogP contribution is 2.74. The van der Waals surface area contributed by atoms with Crippen molar-refractivity contribution in [2.75, 3.05) is 33.0 Å². The highest BCUT2D eigenvalue weighted by Gasteiger charge is 2.69. The van der Waals surface area contributed by atoms with Gasteiger partial charge in [-0.3, -0.25) is 0 Å². The summed E-state index contributed by atoms with van der Waals surface area (Å²) in [5.41, 5.74) is -1.49. The molecule has 6 fully saturated rings. The van der Waals surface area contributed by atoms with E-state index in [-0.39, 0.29) is 42.5 Å². The van der Waals surface area contributed by atoms with Gasteiger partial charge in [-0.25, -0.2) is 0 Å². The molecule has 13 N–H and O–H groups in total. The first-order chi connectivity index (χ1) is 31.4. The lowest BCUT2D eigenvalue weighted by Crippen LogP contribution is -2.67. The number of fused-ring (bicyclic) bond motifs is 6. The van der Waals surface area contributed by atoms with Gasteiger partial charge in [-0.05, 0) is 91.9 Å². The van der Waals surface area contributed by atoms with E-state index in [1.54, 1.807) is 6.92 Å². The van der Waals surface area contributed by atoms with Crippen molar-refractivity contribution < 1.29 is 94.8 Å². The Hall–Kier alpha value is -1.28. The van der Waals surface area contributed by atoms with Gasteiger partial charge in [-0.2, -0.15) is 0 Å². The Morgan fingerprint density at radius 2 is 1.25 bits per heavy atom. The molecule has 3 aliphatic heterocycles. The third-order valence-corrected chi connectivity index (χ3v) is 19.2. The average molecular weight is 959 g/mol. The first-order valence-corrected chi connectivity index (χ1v) is 24.3. The second-order valence-electron chi connectivity index (χ2n) is 22.9. The van der Waals surface area contributed by atoms with E-state index < -0.39 is 139 Å². The van der Waals surface area contributed by atoms with Gasteiger partial charge in [0.25, 0.3) is 0 Å². The lowest BCUT2D eigenvalue weighted by molar-refractivity contribution is -0.367. The summed E-state index contributed by atoms with van der Waals surface area (Å²) in [4.78, 5) is 0. The van der Waals surface area contributed by atoms with E-state index in [0.29, 0.717) is 44.9 Å². The second kappa shape index (κ2) is 18.6. The van der Waals surface area contributed by atoms with Gasteiger partial charge in [0.05, 0.1) is 51.3 Å². The maximum atomic E-state index is 12.3. The summed E-state index contributed by atoms with van der Waals surface area (Å²) in [6.07, 6.45) is -14.3. The number of allylic oxidation sites excluding steroid dienone is 3. The molecule has 0 aromatic rings. The van der Waals surface area contributed by atoms with E-state index in [0.717, 1.165) is 17.6 Å². The van der Waals surface area contributed by atoms with Crippen LogP contribution in [0.4, 0.5) is 0 Å². The van der Waals surface area contributed by atoms with Crippen LogP contribution in [0.1, 0.15) is 92.9 Å². The molecular weight excluding hydrogens is 881 g/mol. The summed E-state index contributed by atoms with van der Waals surface area (Å²) >= 11 is 0. The van der Waals surface area contributed by atoms with Crippen molar-refractivity contribution in [3.05, 3.63) is 23.3 Å². The molecule has 67 heavy (non-hydrogen) atoms. The SMILES string of the molecule is C[C@H]1O[C@@H](O[C@H]2CC[C@@]3(C)[C@@H](CC[C@]4(C)[C@@H]3C=CC3=C5C[C@@](C)(CO[C@@H]6O[C@H](CO)[C@@H](O)[C@H](O)[C@H]6O)CC[C@]5(CO)[C@H](O)C[C@]34C)[C@]2(C)CO)[C@H](O)[C@@H](O[C@@H]2O[C@H](CO)[C@@H](O)[C@H](O)[C@H]2O)[C@H]1O. The Morgan fingerprint density at radius 3 is 1.87 bits per heavy atom. The van der Waals surface area contributed by atoms with E-state index in [9.17, 15) is 66.4 Å². The zero-order chi connectivity index (χ0) is 49.0. The largest absolute Gasteiger partial charge is 0.396 e. The molecule has 19 nitrogen and oxygen atoms in total. The molecule has 8 rings (SSSR count). The van der Waals surface area contributed by atoms with Gasteiger partial charge in [0.2, 0.25) is 0 Å². The zero-order valence-electron chi connectivity index (χ0n) is 39.6. The van der Waals surface area contributed by atoms with Gasteiger partial charge in [-0.15, -0.1) is 0 Å². The summed E-state index contributed by atoms with van der Waals surface area (Å²) in [7, 11) is 0. The third kappa shape index (κ3) is 8.06. The fourth-order valence-corrected chi connectivity index (χ4v) is 14.6. The number of rotatable bonds is 11. The van der Waals surface area contributed by atoms with Crippen LogP contribution in [0.25, 0.3) is 0 Å². The predicted octanol–water partition coefficient (Wildman–Crippen LogP) is -1.52. The molecular formula is C48H78O19. The first-order valence-electron chi connectivity index (χ1n) is 24.3. The van der Waals surface area contributed by atoms with E-state index >= 15 is 0 Å². The van der Waals surface area contributed by atoms with Crippen LogP contribution in [0.5, 0.6) is 0 Å². The highest BCUT2D eigenvalue weighted by atomic mass is 16.7. The van der Waals surface area contributed by atoms with Crippen molar-refractivity contribution in [3.63, 3.8) is 0 Å². The zero-order valence-corrected chi connectivity index (χ0v) is 39.6. The monoisotopic (exact) mass is 959 g/mol. The van der Waals surface area contributed by atoms with Crippen molar-refractivity contribution in [3.8, 4) is 0 Å². The highest BCUT2D eigenvalue weighted by molar-refractivity contribution is 5.47. The van der Waals surface area contributed by atoms with Crippen LogP contribution in [0, 0.1) is 44.3 Å². The van der Waals surface area contributed by atoms with Gasteiger partial charge in [0.1, 0.15) is 67.1 Å². The van der Waals surface area contributed by atoms with Crippen LogP contribution in [0.15, 0.2) is 23.3 Å². The van der Waals surface area contributed by atoms with Crippen molar-refractivity contribution >= 4 is 0 Å². The van der Waals surface area contributed by atoms with Crippen molar-refractivity contribution in [2.45, 2.75) is 197 Å². The minimum atomic E-state index is -1.77. The molecule has 0 spiro atoms. The van der Waals surface area contributed by atoms with Crippen LogP contribution < -0.4 is 0 Å². The van der Waals surface area contributed by atoms with Crippen LogP contribution in [-0.2, 0) is 28.4 Å². The van der Waals surface area contributed by atoms with E-state index in [1.807, 2.05) is 6.92 Å². The Balaban J connectivity index is 1.04. The average Bonchev–Trinajstić information content (AvgIpc) is 3.29. The van der Waals surface area contributed by atoms with Gasteiger partial charge in [0, 0.05) is 16.2 Å². The molecule has 0 unspecified atom stereocenters. The lowest BCUT2D eigenvalue weighted by atomic mass is 9.35. The van der Waals surface area contributed by atoms with Crippen LogP contribution >= 0.6 is 0 Å². The third-order valence-electron chi connectivity index (χ3n) is 19.2. The summed E-state index contributed by atoms with van der Waals surface area (Å²) in [6.45, 7) is 10.8. The molecule has 0 amide bonds. The molecule has 25 atom stereocenters. The van der Waals surface area contributed by atoms with Crippen LogP contribution in [0.2, 0.25) is 0 Å². The van der Waals surface area contributed by atoms with Gasteiger partial charge in [0.15, 0.2) is 18.9 Å². The summed E-state index contributed by atoms with van der Waals surface area (Å²) in [5.74, 6) is -0.0990. The molecule has 19 heteroatoms. The van der Waals surface area contributed by atoms with Gasteiger partial charge >= 0.3 is 0 Å². The minimum Gasteiger partial charge on any atom is -0.396 e. The molecule has 8 aliphatic rings. The number of aliphatic hydroxyl groups is 13. The Labute approximate surface area is 391 Å². The lowest BCUT2D eigenvalue weighted by Gasteiger charge is -2.70. The van der Waals surface area contributed by atoms with Crippen molar-refractivity contribution in [1.29, 1.82) is 0 Å². The Kier molecular flexibility index (Phi) is 14.5. The van der Waals surface area contributed by atoms with E-state index in [1.165, 1.54) is 0 Å². The standard InChI is InChI=1S/C48H78O19/c1-22-31(54)39(67-41-37(60)35(58)33(56)26(18-50)65-41)38(61)42(63-22)66-30-10-11-44(3)27(45(30,4)19-51)9-12-46(5)28(44)8-7-23-24-15-43(2,13-14-48(24,20-52)29(53)16-47(23,46)6)21-62-40-36(59)34(57)32(55)25(17-49)64-40/h7-8,22,25-42,49-61H,9-21H2,1-6H3/t22-,25-,26-,27-,28-,29-,30+,31+,32-,33-,34+,35+,36-,37-,38-,39+,40-,41+,42+,43+,44+,45+,46-,47-,48-/m1/s1. The molecule has 0 bridgehead atoms. The fourth-order valence-electron chi connectivity index (χ4n) is 14.6.